The first kappa shape index (κ1) is 9.19. The predicted octanol–water partition coefficient (Wildman–Crippen LogP) is 1.85. The van der Waals surface area contributed by atoms with E-state index >= 15 is 0 Å². The van der Waals surface area contributed by atoms with E-state index in [2.05, 4.69) is 10.2 Å². The van der Waals surface area contributed by atoms with E-state index in [1.165, 1.54) is 0 Å². The van der Waals surface area contributed by atoms with Crippen LogP contribution >= 0.6 is 23.2 Å². The molecule has 1 fully saturated rings. The van der Waals surface area contributed by atoms with Gasteiger partial charge in [0.2, 0.25) is 0 Å². The molecule has 0 spiro atoms. The molecule has 1 aromatic heterocycles. The molecule has 2 N–H and O–H groups in total. The quantitative estimate of drug-likeness (QED) is 0.823. The third-order valence-electron chi connectivity index (χ3n) is 2.37. The van der Waals surface area contributed by atoms with E-state index in [1.807, 2.05) is 0 Å². The summed E-state index contributed by atoms with van der Waals surface area (Å²) in [6.45, 7) is 0.695. The molecule has 3 nitrogen and oxygen atoms in total. The van der Waals surface area contributed by atoms with Crippen LogP contribution in [0.4, 0.5) is 0 Å². The van der Waals surface area contributed by atoms with Crippen molar-refractivity contribution in [3.8, 4) is 0 Å². The minimum atomic E-state index is 0.391. The monoisotopic (exact) mass is 217 g/mol. The van der Waals surface area contributed by atoms with E-state index in [9.17, 15) is 0 Å². The van der Waals surface area contributed by atoms with Gasteiger partial charge in [0, 0.05) is 0 Å². The Labute approximate surface area is 86.2 Å². The zero-order chi connectivity index (χ0) is 9.42. The molecule has 0 bridgehead atoms. The van der Waals surface area contributed by atoms with Crippen molar-refractivity contribution in [2.45, 2.75) is 12.3 Å². The van der Waals surface area contributed by atoms with E-state index in [1.54, 1.807) is 6.07 Å². The molecule has 5 heteroatoms. The van der Waals surface area contributed by atoms with E-state index in [0.717, 1.165) is 12.0 Å². The minimum absolute atomic E-state index is 0.391. The average molecular weight is 218 g/mol. The Kier molecular flexibility index (Phi) is 2.41. The number of hydrogen-bond acceptors (Lipinski definition) is 3. The fourth-order valence-electron chi connectivity index (χ4n) is 1.52. The van der Waals surface area contributed by atoms with Crippen LogP contribution in [0, 0.1) is 5.92 Å². The standard InChI is InChI=1S/C8H9Cl2N3/c9-7-2-6(8(10)13-12-7)5-1-4(5)3-11/h2,4-5H,1,3,11H2/t4-,5+/m0/s1. The van der Waals surface area contributed by atoms with E-state index < -0.39 is 0 Å². The van der Waals surface area contributed by atoms with Gasteiger partial charge in [-0.3, -0.25) is 0 Å². The summed E-state index contributed by atoms with van der Waals surface area (Å²) in [5.74, 6) is 0.975. The second-order valence-corrected chi connectivity index (χ2v) is 4.00. The van der Waals surface area contributed by atoms with E-state index in [-0.39, 0.29) is 0 Å². The topological polar surface area (TPSA) is 51.8 Å². The van der Waals surface area contributed by atoms with Crippen molar-refractivity contribution >= 4 is 23.2 Å². The molecule has 70 valence electrons. The van der Waals surface area contributed by atoms with Crippen molar-refractivity contribution in [2.75, 3.05) is 6.54 Å². The Morgan fingerprint density at radius 1 is 1.46 bits per heavy atom. The van der Waals surface area contributed by atoms with Gasteiger partial charge in [0.15, 0.2) is 10.3 Å². The molecule has 0 aliphatic heterocycles. The molecule has 1 aromatic rings. The smallest absolute Gasteiger partial charge is 0.155 e. The lowest BCUT2D eigenvalue weighted by Crippen LogP contribution is -2.02. The first-order valence-corrected chi connectivity index (χ1v) is 4.86. The molecule has 2 atom stereocenters. The Morgan fingerprint density at radius 2 is 2.23 bits per heavy atom. The molecular weight excluding hydrogens is 209 g/mol. The van der Waals surface area contributed by atoms with Gasteiger partial charge in [-0.15, -0.1) is 10.2 Å². The molecule has 1 heterocycles. The van der Waals surface area contributed by atoms with Gasteiger partial charge in [0.1, 0.15) is 0 Å². The van der Waals surface area contributed by atoms with Crippen LogP contribution in [0.1, 0.15) is 17.9 Å². The molecule has 13 heavy (non-hydrogen) atoms. The zero-order valence-electron chi connectivity index (χ0n) is 6.87. The normalized spacial score (nSPS) is 26.1. The maximum atomic E-state index is 5.88. The Hall–Kier alpha value is -0.380. The first-order chi connectivity index (χ1) is 6.22. The van der Waals surface area contributed by atoms with Gasteiger partial charge in [-0.05, 0) is 36.4 Å². The number of rotatable bonds is 2. The second-order valence-electron chi connectivity index (χ2n) is 3.25. The summed E-state index contributed by atoms with van der Waals surface area (Å²) in [5, 5.41) is 8.24. The van der Waals surface area contributed by atoms with E-state index in [0.29, 0.717) is 28.7 Å². The maximum Gasteiger partial charge on any atom is 0.155 e. The van der Waals surface area contributed by atoms with Gasteiger partial charge in [-0.2, -0.15) is 0 Å². The van der Waals surface area contributed by atoms with Crippen LogP contribution in [-0.2, 0) is 0 Å². The molecule has 0 amide bonds. The summed E-state index contributed by atoms with van der Waals surface area (Å²) in [7, 11) is 0. The lowest BCUT2D eigenvalue weighted by molar-refractivity contribution is 0.804. The molecule has 2 rings (SSSR count). The van der Waals surface area contributed by atoms with Crippen LogP contribution in [0.3, 0.4) is 0 Å². The van der Waals surface area contributed by atoms with Gasteiger partial charge in [-0.1, -0.05) is 23.2 Å². The molecule has 0 saturated heterocycles. The van der Waals surface area contributed by atoms with Crippen LogP contribution in [0.15, 0.2) is 6.07 Å². The molecule has 1 aliphatic rings. The molecule has 1 saturated carbocycles. The number of aromatic nitrogens is 2. The van der Waals surface area contributed by atoms with Gasteiger partial charge >= 0.3 is 0 Å². The lowest BCUT2D eigenvalue weighted by Gasteiger charge is -2.00. The lowest BCUT2D eigenvalue weighted by atomic mass is 10.2. The van der Waals surface area contributed by atoms with Crippen molar-refractivity contribution in [2.24, 2.45) is 11.7 Å². The third kappa shape index (κ3) is 1.77. The summed E-state index contributed by atoms with van der Waals surface area (Å²) in [5.41, 5.74) is 6.52. The fraction of sp³-hybridized carbons (Fsp3) is 0.500. The fourth-order valence-corrected chi connectivity index (χ4v) is 1.90. The SMILES string of the molecule is NC[C@@H]1C[C@H]1c1cc(Cl)nnc1Cl. The highest BCUT2D eigenvalue weighted by atomic mass is 35.5. The van der Waals surface area contributed by atoms with E-state index in [4.69, 9.17) is 28.9 Å². The van der Waals surface area contributed by atoms with Gasteiger partial charge < -0.3 is 5.73 Å². The third-order valence-corrected chi connectivity index (χ3v) is 2.85. The van der Waals surface area contributed by atoms with Gasteiger partial charge in [0.25, 0.3) is 0 Å². The Balaban J connectivity index is 2.25. The molecule has 1 aliphatic carbocycles. The van der Waals surface area contributed by atoms with Crippen molar-refractivity contribution in [1.29, 1.82) is 0 Å². The first-order valence-electron chi connectivity index (χ1n) is 4.11. The largest absolute Gasteiger partial charge is 0.330 e. The summed E-state index contributed by atoms with van der Waals surface area (Å²) in [4.78, 5) is 0. The van der Waals surface area contributed by atoms with Crippen molar-refractivity contribution in [3.63, 3.8) is 0 Å². The van der Waals surface area contributed by atoms with Crippen LogP contribution in [-0.4, -0.2) is 16.7 Å². The summed E-state index contributed by atoms with van der Waals surface area (Å²) >= 11 is 11.6. The van der Waals surface area contributed by atoms with Crippen molar-refractivity contribution in [3.05, 3.63) is 21.9 Å². The predicted molar refractivity (Wildman–Crippen MR) is 52.0 cm³/mol. The Bertz CT molecular complexity index is 329. The molecular formula is C8H9Cl2N3. The maximum absolute atomic E-state index is 5.88. The van der Waals surface area contributed by atoms with Crippen LogP contribution in [0.25, 0.3) is 0 Å². The highest BCUT2D eigenvalue weighted by Crippen LogP contribution is 2.48. The number of nitrogens with two attached hydrogens (primary N) is 1. The van der Waals surface area contributed by atoms with Gasteiger partial charge in [0.05, 0.1) is 0 Å². The number of halogens is 2. The number of nitrogens with zero attached hydrogens (tertiary/aromatic N) is 2. The average Bonchev–Trinajstić information content (AvgIpc) is 2.88. The van der Waals surface area contributed by atoms with Crippen molar-refractivity contribution in [1.82, 2.24) is 10.2 Å². The van der Waals surface area contributed by atoms with Crippen LogP contribution in [0.2, 0.25) is 10.3 Å². The Morgan fingerprint density at radius 3 is 2.85 bits per heavy atom. The molecule has 0 radical (unpaired) electrons. The van der Waals surface area contributed by atoms with Crippen LogP contribution < -0.4 is 5.73 Å². The number of hydrogen-bond donors (Lipinski definition) is 1. The highest BCUT2D eigenvalue weighted by Gasteiger charge is 2.38. The van der Waals surface area contributed by atoms with Gasteiger partial charge in [-0.25, -0.2) is 0 Å². The zero-order valence-corrected chi connectivity index (χ0v) is 8.39. The van der Waals surface area contributed by atoms with Crippen molar-refractivity contribution < 1.29 is 0 Å². The summed E-state index contributed by atoms with van der Waals surface area (Å²) in [6.07, 6.45) is 1.08. The molecule has 0 unspecified atom stereocenters. The highest BCUT2D eigenvalue weighted by molar-refractivity contribution is 6.31. The minimum Gasteiger partial charge on any atom is -0.330 e. The summed E-state index contributed by atoms with van der Waals surface area (Å²) in [6, 6.07) is 1.78. The molecule has 0 aromatic carbocycles. The van der Waals surface area contributed by atoms with Crippen LogP contribution in [0.5, 0.6) is 0 Å². The second kappa shape index (κ2) is 3.40. The summed E-state index contributed by atoms with van der Waals surface area (Å²) < 4.78 is 0.